The number of para-hydroxylation sites is 1. The summed E-state index contributed by atoms with van der Waals surface area (Å²) in [6, 6.07) is 15.5. The lowest BCUT2D eigenvalue weighted by molar-refractivity contribution is -0.159. The predicted octanol–water partition coefficient (Wildman–Crippen LogP) is 3.72. The number of rotatable bonds is 3. The molecule has 0 aliphatic carbocycles. The molecule has 1 fully saturated rings. The van der Waals surface area contributed by atoms with Crippen molar-refractivity contribution >= 4 is 29.0 Å². The molecule has 2 aromatic rings. The first-order valence-corrected chi connectivity index (χ1v) is 9.48. The summed E-state index contributed by atoms with van der Waals surface area (Å²) in [6.45, 7) is 6.06. The van der Waals surface area contributed by atoms with Crippen molar-refractivity contribution in [3.05, 3.63) is 59.7 Å². The molecule has 5 nitrogen and oxygen atoms in total. The molecule has 1 N–H and O–H groups in total. The highest BCUT2D eigenvalue weighted by Gasteiger charge is 2.59. The SMILES string of the molecule is CCOC(=O)[C@@H]1[C@H]2NC(=S)N(c3ccc(C)cc3)[C@]1(C)Oc1ccccc12. The zero-order valence-corrected chi connectivity index (χ0v) is 16.4. The Labute approximate surface area is 164 Å². The fourth-order valence-corrected chi connectivity index (χ4v) is 4.42. The van der Waals surface area contributed by atoms with Gasteiger partial charge in [0.1, 0.15) is 11.7 Å². The maximum atomic E-state index is 13.0. The number of hydrogen-bond donors (Lipinski definition) is 1. The number of benzene rings is 2. The largest absolute Gasteiger partial charge is 0.466 e. The number of thiocarbonyl (C=S) groups is 1. The summed E-state index contributed by atoms with van der Waals surface area (Å²) < 4.78 is 11.8. The Kier molecular flexibility index (Phi) is 4.30. The van der Waals surface area contributed by atoms with Gasteiger partial charge < -0.3 is 14.8 Å². The van der Waals surface area contributed by atoms with Crippen LogP contribution in [-0.2, 0) is 9.53 Å². The van der Waals surface area contributed by atoms with Crippen LogP contribution in [0, 0.1) is 12.8 Å². The fraction of sp³-hybridized carbons (Fsp3) is 0.333. The summed E-state index contributed by atoms with van der Waals surface area (Å²) in [7, 11) is 0. The number of hydrogen-bond acceptors (Lipinski definition) is 4. The number of carbonyl (C=O) groups excluding carboxylic acids is 1. The van der Waals surface area contributed by atoms with E-state index in [2.05, 4.69) is 5.32 Å². The van der Waals surface area contributed by atoms with Gasteiger partial charge in [-0.05, 0) is 51.2 Å². The number of esters is 1. The van der Waals surface area contributed by atoms with Gasteiger partial charge in [0.2, 0.25) is 5.72 Å². The highest BCUT2D eigenvalue weighted by Crippen LogP contribution is 2.49. The van der Waals surface area contributed by atoms with E-state index in [-0.39, 0.29) is 12.0 Å². The number of carbonyl (C=O) groups is 1. The van der Waals surface area contributed by atoms with Crippen LogP contribution in [0.3, 0.4) is 0 Å². The van der Waals surface area contributed by atoms with Gasteiger partial charge in [0.05, 0.1) is 12.6 Å². The Bertz CT molecular complexity index is 899. The van der Waals surface area contributed by atoms with Crippen molar-refractivity contribution in [2.45, 2.75) is 32.5 Å². The van der Waals surface area contributed by atoms with Gasteiger partial charge in [-0.3, -0.25) is 9.69 Å². The number of ether oxygens (including phenoxy) is 2. The Morgan fingerprint density at radius 1 is 1.26 bits per heavy atom. The smallest absolute Gasteiger partial charge is 0.317 e. The van der Waals surface area contributed by atoms with Crippen LogP contribution in [0.2, 0.25) is 0 Å². The van der Waals surface area contributed by atoms with Crippen molar-refractivity contribution in [1.29, 1.82) is 0 Å². The summed E-state index contributed by atoms with van der Waals surface area (Å²) in [5.41, 5.74) is 1.93. The molecule has 0 saturated carbocycles. The maximum absolute atomic E-state index is 13.0. The third-order valence-corrected chi connectivity index (χ3v) is 5.54. The van der Waals surface area contributed by atoms with E-state index in [4.69, 9.17) is 21.7 Å². The van der Waals surface area contributed by atoms with E-state index in [1.54, 1.807) is 0 Å². The quantitative estimate of drug-likeness (QED) is 0.645. The van der Waals surface area contributed by atoms with Crippen LogP contribution in [0.4, 0.5) is 5.69 Å². The normalized spacial score (nSPS) is 25.9. The lowest BCUT2D eigenvalue weighted by atomic mass is 9.79. The molecule has 0 unspecified atom stereocenters. The molecule has 2 aromatic carbocycles. The van der Waals surface area contributed by atoms with Gasteiger partial charge in [0.25, 0.3) is 0 Å². The van der Waals surface area contributed by atoms with Crippen molar-refractivity contribution in [3.8, 4) is 5.75 Å². The third-order valence-electron chi connectivity index (χ3n) is 5.24. The monoisotopic (exact) mass is 382 g/mol. The average molecular weight is 382 g/mol. The minimum atomic E-state index is -0.997. The number of aryl methyl sites for hydroxylation is 1. The standard InChI is InChI=1S/C21H22N2O3S/c1-4-25-19(24)17-18-15-7-5-6-8-16(15)26-21(17,3)23(20(27)22-18)14-11-9-13(2)10-12-14/h5-12,17-18H,4H2,1-3H3,(H,22,27)/t17-,18-,21+/m0/s1. The van der Waals surface area contributed by atoms with Gasteiger partial charge in [-0.25, -0.2) is 0 Å². The van der Waals surface area contributed by atoms with Gasteiger partial charge in [-0.15, -0.1) is 0 Å². The Balaban J connectivity index is 1.88. The molecule has 3 atom stereocenters. The molecule has 2 heterocycles. The summed E-state index contributed by atoms with van der Waals surface area (Å²) in [4.78, 5) is 14.8. The van der Waals surface area contributed by atoms with E-state index in [0.29, 0.717) is 11.7 Å². The van der Waals surface area contributed by atoms with E-state index >= 15 is 0 Å². The van der Waals surface area contributed by atoms with E-state index in [1.807, 2.05) is 74.2 Å². The highest BCUT2D eigenvalue weighted by molar-refractivity contribution is 7.80. The van der Waals surface area contributed by atoms with Gasteiger partial charge >= 0.3 is 5.97 Å². The van der Waals surface area contributed by atoms with Crippen molar-refractivity contribution in [2.75, 3.05) is 11.5 Å². The average Bonchev–Trinajstić information content (AvgIpc) is 2.62. The van der Waals surface area contributed by atoms with Gasteiger partial charge in [0, 0.05) is 11.3 Å². The first-order valence-electron chi connectivity index (χ1n) is 9.07. The van der Waals surface area contributed by atoms with Crippen LogP contribution in [0.5, 0.6) is 5.75 Å². The van der Waals surface area contributed by atoms with Crippen molar-refractivity contribution in [2.24, 2.45) is 5.92 Å². The number of anilines is 1. The summed E-state index contributed by atoms with van der Waals surface area (Å²) in [5.74, 6) is -0.121. The molecule has 2 aliphatic heterocycles. The van der Waals surface area contributed by atoms with Crippen LogP contribution in [0.15, 0.2) is 48.5 Å². The molecular formula is C21H22N2O3S. The zero-order chi connectivity index (χ0) is 19.2. The Morgan fingerprint density at radius 3 is 2.67 bits per heavy atom. The van der Waals surface area contributed by atoms with Crippen LogP contribution in [-0.4, -0.2) is 23.4 Å². The van der Waals surface area contributed by atoms with Crippen LogP contribution >= 0.6 is 12.2 Å². The molecule has 27 heavy (non-hydrogen) atoms. The molecule has 6 heteroatoms. The van der Waals surface area contributed by atoms with Gasteiger partial charge in [0.15, 0.2) is 5.11 Å². The van der Waals surface area contributed by atoms with Crippen molar-refractivity contribution < 1.29 is 14.3 Å². The van der Waals surface area contributed by atoms with E-state index < -0.39 is 11.6 Å². The minimum absolute atomic E-state index is 0.298. The molecule has 4 rings (SSSR count). The first-order chi connectivity index (χ1) is 13.0. The topological polar surface area (TPSA) is 50.8 Å². The van der Waals surface area contributed by atoms with Gasteiger partial charge in [-0.1, -0.05) is 35.9 Å². The summed E-state index contributed by atoms with van der Waals surface area (Å²) >= 11 is 5.68. The fourth-order valence-electron chi connectivity index (χ4n) is 4.00. The van der Waals surface area contributed by atoms with Crippen LogP contribution in [0.1, 0.15) is 31.0 Å². The molecular weight excluding hydrogens is 360 g/mol. The predicted molar refractivity (Wildman–Crippen MR) is 108 cm³/mol. The lowest BCUT2D eigenvalue weighted by Gasteiger charge is -2.55. The summed E-state index contributed by atoms with van der Waals surface area (Å²) in [5, 5.41) is 3.89. The maximum Gasteiger partial charge on any atom is 0.317 e. The van der Waals surface area contributed by atoms with Crippen molar-refractivity contribution in [3.63, 3.8) is 0 Å². The molecule has 0 amide bonds. The zero-order valence-electron chi connectivity index (χ0n) is 15.6. The van der Waals surface area contributed by atoms with Gasteiger partial charge in [-0.2, -0.15) is 0 Å². The van der Waals surface area contributed by atoms with Crippen LogP contribution < -0.4 is 15.0 Å². The number of fused-ring (bicyclic) bond motifs is 4. The molecule has 2 aliphatic rings. The Morgan fingerprint density at radius 2 is 1.96 bits per heavy atom. The molecule has 0 spiro atoms. The second-order valence-corrected chi connectivity index (χ2v) is 7.41. The van der Waals surface area contributed by atoms with E-state index in [1.165, 1.54) is 0 Å². The summed E-state index contributed by atoms with van der Waals surface area (Å²) in [6.07, 6.45) is 0. The molecule has 0 radical (unpaired) electrons. The highest BCUT2D eigenvalue weighted by atomic mass is 32.1. The molecule has 0 aromatic heterocycles. The van der Waals surface area contributed by atoms with Crippen molar-refractivity contribution in [1.82, 2.24) is 5.32 Å². The Hall–Kier alpha value is -2.60. The molecule has 1 saturated heterocycles. The third kappa shape index (κ3) is 2.75. The second-order valence-electron chi connectivity index (χ2n) is 7.02. The van der Waals surface area contributed by atoms with Crippen LogP contribution in [0.25, 0.3) is 0 Å². The number of nitrogens with zero attached hydrogens (tertiary/aromatic N) is 1. The molecule has 2 bridgehead atoms. The molecule has 140 valence electrons. The number of nitrogens with one attached hydrogen (secondary N) is 1. The minimum Gasteiger partial charge on any atom is -0.466 e. The van der Waals surface area contributed by atoms with E-state index in [0.717, 1.165) is 22.6 Å². The van der Waals surface area contributed by atoms with E-state index in [9.17, 15) is 4.79 Å². The second kappa shape index (κ2) is 6.53. The first kappa shape index (κ1) is 17.8. The lowest BCUT2D eigenvalue weighted by Crippen LogP contribution is -2.71.